The molecule has 0 saturated heterocycles. The lowest BCUT2D eigenvalue weighted by molar-refractivity contribution is -0.111. The topological polar surface area (TPSA) is 17.1 Å². The van der Waals surface area contributed by atoms with Crippen molar-refractivity contribution < 1.29 is 4.79 Å². The zero-order valence-corrected chi connectivity index (χ0v) is 12.0. The second kappa shape index (κ2) is 3.79. The van der Waals surface area contributed by atoms with Crippen molar-refractivity contribution in [2.24, 2.45) is 0 Å². The van der Waals surface area contributed by atoms with Gasteiger partial charge < -0.3 is 0 Å². The van der Waals surface area contributed by atoms with Crippen LogP contribution in [-0.2, 0) is 8.03 Å². The highest BCUT2D eigenvalue weighted by Gasteiger charge is 2.39. The summed E-state index contributed by atoms with van der Waals surface area (Å²) in [5.41, 5.74) is 3.90. The van der Waals surface area contributed by atoms with Crippen LogP contribution in [0.5, 0.6) is 0 Å². The summed E-state index contributed by atoms with van der Waals surface area (Å²) in [6.07, 6.45) is 7.31. The molecule has 3 rings (SSSR count). The van der Waals surface area contributed by atoms with E-state index in [-0.39, 0.29) is 5.78 Å². The van der Waals surface area contributed by atoms with E-state index in [1.54, 1.807) is 12.2 Å². The van der Waals surface area contributed by atoms with Gasteiger partial charge in [-0.05, 0) is 28.9 Å². The van der Waals surface area contributed by atoms with Crippen LogP contribution in [-0.4, -0.2) is 5.78 Å². The summed E-state index contributed by atoms with van der Waals surface area (Å²) in [5.74, 6) is 0.0558. The number of hydrogen-bond acceptors (Lipinski definition) is 1. The van der Waals surface area contributed by atoms with Crippen LogP contribution in [0.4, 0.5) is 0 Å². The molecule has 0 aliphatic heterocycles. The minimum absolute atomic E-state index is 0.0558. The van der Waals surface area contributed by atoms with E-state index in [0.29, 0.717) is 0 Å². The molecular formula is C14H8Br2O. The van der Waals surface area contributed by atoms with Crippen LogP contribution >= 0.6 is 31.9 Å². The van der Waals surface area contributed by atoms with Crippen molar-refractivity contribution in [1.82, 2.24) is 0 Å². The Kier molecular flexibility index (Phi) is 2.49. The number of ketones is 1. The van der Waals surface area contributed by atoms with Gasteiger partial charge in [-0.1, -0.05) is 68.3 Å². The minimum Gasteiger partial charge on any atom is -0.289 e. The largest absolute Gasteiger partial charge is 0.289 e. The van der Waals surface area contributed by atoms with Gasteiger partial charge in [0.15, 0.2) is 5.78 Å². The molecule has 3 heteroatoms. The first-order chi connectivity index (χ1) is 8.10. The molecule has 0 saturated carbocycles. The maximum Gasteiger partial charge on any atom is 0.186 e. The summed E-state index contributed by atoms with van der Waals surface area (Å²) in [5, 5.41) is 0. The van der Waals surface area contributed by atoms with Gasteiger partial charge in [0.2, 0.25) is 0 Å². The van der Waals surface area contributed by atoms with E-state index in [4.69, 9.17) is 0 Å². The molecule has 0 atom stereocenters. The first-order valence-electron chi connectivity index (χ1n) is 5.23. The number of alkyl halides is 2. The monoisotopic (exact) mass is 350 g/mol. The maximum absolute atomic E-state index is 11.9. The average Bonchev–Trinajstić information content (AvgIpc) is 2.31. The second-order valence-corrected chi connectivity index (χ2v) is 7.47. The first-order valence-corrected chi connectivity index (χ1v) is 6.82. The Labute approximate surface area is 116 Å². The number of rotatable bonds is 0. The quantitative estimate of drug-likeness (QED) is 0.643. The molecule has 0 fully saturated rings. The Morgan fingerprint density at radius 1 is 1.12 bits per heavy atom. The van der Waals surface area contributed by atoms with Crippen molar-refractivity contribution in [3.63, 3.8) is 0 Å². The summed E-state index contributed by atoms with van der Waals surface area (Å²) in [6, 6.07) is 8.04. The van der Waals surface area contributed by atoms with E-state index in [0.717, 1.165) is 22.3 Å². The molecule has 1 aromatic carbocycles. The van der Waals surface area contributed by atoms with Crippen LogP contribution in [0.3, 0.4) is 0 Å². The Bertz CT molecular complexity index is 606. The average molecular weight is 352 g/mol. The van der Waals surface area contributed by atoms with Gasteiger partial charge in [-0.25, -0.2) is 0 Å². The predicted molar refractivity (Wildman–Crippen MR) is 76.2 cm³/mol. The molecule has 2 aliphatic rings. The Hall–Kier alpha value is -0.930. The number of fused-ring (bicyclic) bond motifs is 2. The van der Waals surface area contributed by atoms with Gasteiger partial charge in [0, 0.05) is 5.57 Å². The molecule has 0 radical (unpaired) electrons. The highest BCUT2D eigenvalue weighted by atomic mass is 79.9. The lowest BCUT2D eigenvalue weighted by atomic mass is 9.84. The van der Waals surface area contributed by atoms with E-state index < -0.39 is 3.23 Å². The normalized spacial score (nSPS) is 20.2. The van der Waals surface area contributed by atoms with E-state index in [9.17, 15) is 4.79 Å². The van der Waals surface area contributed by atoms with Gasteiger partial charge in [-0.3, -0.25) is 4.79 Å². The molecule has 0 aromatic heterocycles. The van der Waals surface area contributed by atoms with E-state index in [1.165, 1.54) is 0 Å². The smallest absolute Gasteiger partial charge is 0.186 e. The zero-order valence-electron chi connectivity index (χ0n) is 8.78. The number of benzene rings is 1. The molecule has 17 heavy (non-hydrogen) atoms. The van der Waals surface area contributed by atoms with Gasteiger partial charge >= 0.3 is 0 Å². The van der Waals surface area contributed by atoms with Crippen molar-refractivity contribution in [3.05, 3.63) is 64.8 Å². The lowest BCUT2D eigenvalue weighted by Gasteiger charge is -2.32. The minimum atomic E-state index is -0.471. The molecular weight excluding hydrogens is 344 g/mol. The fourth-order valence-electron chi connectivity index (χ4n) is 2.18. The van der Waals surface area contributed by atoms with Crippen LogP contribution in [0.1, 0.15) is 11.1 Å². The molecule has 0 amide bonds. The van der Waals surface area contributed by atoms with Crippen molar-refractivity contribution in [3.8, 4) is 0 Å². The van der Waals surface area contributed by atoms with Gasteiger partial charge in [0.25, 0.3) is 0 Å². The number of halogens is 2. The molecule has 0 unspecified atom stereocenters. The highest BCUT2D eigenvalue weighted by molar-refractivity contribution is 9.25. The molecule has 2 aliphatic carbocycles. The Balaban J connectivity index is 2.33. The van der Waals surface area contributed by atoms with E-state index in [1.807, 2.05) is 30.4 Å². The first kappa shape index (κ1) is 11.2. The number of allylic oxidation sites excluding steroid dienone is 5. The van der Waals surface area contributed by atoms with Crippen molar-refractivity contribution in [2.75, 3.05) is 0 Å². The van der Waals surface area contributed by atoms with Gasteiger partial charge in [-0.15, -0.1) is 0 Å². The molecule has 0 heterocycles. The Morgan fingerprint density at radius 2 is 1.88 bits per heavy atom. The predicted octanol–water partition coefficient (Wildman–Crippen LogP) is 4.09. The summed E-state index contributed by atoms with van der Waals surface area (Å²) >= 11 is 7.36. The summed E-state index contributed by atoms with van der Waals surface area (Å²) in [4.78, 5) is 11.9. The molecule has 84 valence electrons. The third-order valence-electron chi connectivity index (χ3n) is 3.00. The molecule has 0 spiro atoms. The molecule has 1 aromatic rings. The molecule has 0 bridgehead atoms. The SMILES string of the molecule is O=C1C=CC=C2C1=Cc1ccccc1C2(Br)Br. The molecule has 0 N–H and O–H groups in total. The fraction of sp³-hybridized carbons (Fsp3) is 0.0714. The lowest BCUT2D eigenvalue weighted by Crippen LogP contribution is -2.23. The highest BCUT2D eigenvalue weighted by Crippen LogP contribution is 2.52. The van der Waals surface area contributed by atoms with Crippen LogP contribution in [0.15, 0.2) is 53.6 Å². The van der Waals surface area contributed by atoms with Crippen LogP contribution < -0.4 is 0 Å². The van der Waals surface area contributed by atoms with Crippen molar-refractivity contribution in [1.29, 1.82) is 0 Å². The number of hydrogen-bond donors (Lipinski definition) is 0. The van der Waals surface area contributed by atoms with Crippen LogP contribution in [0.25, 0.3) is 6.08 Å². The van der Waals surface area contributed by atoms with E-state index >= 15 is 0 Å². The fourth-order valence-corrected chi connectivity index (χ4v) is 3.59. The number of carbonyl (C=O) groups is 1. The van der Waals surface area contributed by atoms with Crippen molar-refractivity contribution in [2.45, 2.75) is 3.23 Å². The molecule has 1 nitrogen and oxygen atoms in total. The zero-order chi connectivity index (χ0) is 12.0. The maximum atomic E-state index is 11.9. The summed E-state index contributed by atoms with van der Waals surface area (Å²) in [7, 11) is 0. The van der Waals surface area contributed by atoms with Gasteiger partial charge in [0.1, 0.15) is 3.23 Å². The second-order valence-electron chi connectivity index (χ2n) is 4.02. The standard InChI is InChI=1S/C14H8Br2O/c15-14(16)11-5-2-1-4-9(11)8-10-12(14)6-3-7-13(10)17/h1-8H. The Morgan fingerprint density at radius 3 is 2.71 bits per heavy atom. The summed E-state index contributed by atoms with van der Waals surface area (Å²) < 4.78 is -0.471. The van der Waals surface area contributed by atoms with Crippen molar-refractivity contribution >= 4 is 43.7 Å². The third-order valence-corrected chi connectivity index (χ3v) is 4.71. The van der Waals surface area contributed by atoms with Gasteiger partial charge in [-0.2, -0.15) is 0 Å². The summed E-state index contributed by atoms with van der Waals surface area (Å²) in [6.45, 7) is 0. The van der Waals surface area contributed by atoms with Gasteiger partial charge in [0.05, 0.1) is 0 Å². The van der Waals surface area contributed by atoms with Crippen LogP contribution in [0, 0.1) is 0 Å². The van der Waals surface area contributed by atoms with Crippen LogP contribution in [0.2, 0.25) is 0 Å². The third kappa shape index (κ3) is 1.60. The van der Waals surface area contributed by atoms with E-state index in [2.05, 4.69) is 37.9 Å². The number of carbonyl (C=O) groups excluding carboxylic acids is 1.